The summed E-state index contributed by atoms with van der Waals surface area (Å²) in [5, 5.41) is 19.1. The molecule has 0 fully saturated rings. The second kappa shape index (κ2) is 6.50. The maximum absolute atomic E-state index is 11.6. The lowest BCUT2D eigenvalue weighted by Gasteiger charge is -2.16. The molecule has 110 valence electrons. The minimum Gasteiger partial charge on any atom is -0.506 e. The Morgan fingerprint density at radius 3 is 2.62 bits per heavy atom. The molecule has 21 heavy (non-hydrogen) atoms. The van der Waals surface area contributed by atoms with Gasteiger partial charge >= 0.3 is 5.97 Å². The molecule has 0 amide bonds. The van der Waals surface area contributed by atoms with Crippen molar-refractivity contribution in [2.75, 3.05) is 7.11 Å². The van der Waals surface area contributed by atoms with Crippen LogP contribution in [-0.4, -0.2) is 23.3 Å². The molecule has 0 saturated carbocycles. The highest BCUT2D eigenvalue weighted by atomic mass is 35.5. The number of carbonyl (C=O) groups is 1. The van der Waals surface area contributed by atoms with Gasteiger partial charge in [0.15, 0.2) is 0 Å². The van der Waals surface area contributed by atoms with Crippen LogP contribution in [0.1, 0.15) is 17.0 Å². The van der Waals surface area contributed by atoms with E-state index in [0.717, 1.165) is 5.56 Å². The number of para-hydroxylation sites is 1. The van der Waals surface area contributed by atoms with Crippen molar-refractivity contribution in [3.05, 3.63) is 58.6 Å². The van der Waals surface area contributed by atoms with Crippen molar-refractivity contribution in [2.45, 2.75) is 12.3 Å². The summed E-state index contributed by atoms with van der Waals surface area (Å²) in [6.45, 7) is 0. The van der Waals surface area contributed by atoms with Crippen LogP contribution in [0.2, 0.25) is 5.02 Å². The zero-order valence-corrected chi connectivity index (χ0v) is 12.2. The number of carboxylic acids is 1. The number of rotatable bonds is 5. The van der Waals surface area contributed by atoms with Crippen molar-refractivity contribution in [3.63, 3.8) is 0 Å². The molecule has 0 aromatic heterocycles. The van der Waals surface area contributed by atoms with E-state index in [4.69, 9.17) is 16.3 Å². The molecule has 0 spiro atoms. The lowest BCUT2D eigenvalue weighted by Crippen LogP contribution is -2.15. The maximum atomic E-state index is 11.6. The van der Waals surface area contributed by atoms with E-state index >= 15 is 0 Å². The Hall–Kier alpha value is -2.20. The topological polar surface area (TPSA) is 66.8 Å². The molecule has 0 aliphatic heterocycles. The largest absolute Gasteiger partial charge is 0.506 e. The second-order valence-electron chi connectivity index (χ2n) is 4.62. The highest BCUT2D eigenvalue weighted by Gasteiger charge is 2.23. The summed E-state index contributed by atoms with van der Waals surface area (Å²) in [6.07, 6.45) is 0.260. The first-order valence-corrected chi connectivity index (χ1v) is 6.74. The Kier molecular flexibility index (Phi) is 4.70. The molecular weight excluding hydrogens is 292 g/mol. The number of aromatic hydroxyl groups is 1. The van der Waals surface area contributed by atoms with Crippen molar-refractivity contribution in [3.8, 4) is 11.5 Å². The minimum absolute atomic E-state index is 0.0235. The maximum Gasteiger partial charge on any atom is 0.311 e. The average Bonchev–Trinajstić information content (AvgIpc) is 2.48. The van der Waals surface area contributed by atoms with Gasteiger partial charge in [-0.3, -0.25) is 4.79 Å². The van der Waals surface area contributed by atoms with E-state index in [1.807, 2.05) is 0 Å². The molecular formula is C16H15ClO4. The third-order valence-corrected chi connectivity index (χ3v) is 3.57. The highest BCUT2D eigenvalue weighted by molar-refractivity contribution is 6.32. The van der Waals surface area contributed by atoms with E-state index in [1.165, 1.54) is 13.2 Å². The van der Waals surface area contributed by atoms with Gasteiger partial charge in [-0.15, -0.1) is 0 Å². The highest BCUT2D eigenvalue weighted by Crippen LogP contribution is 2.31. The molecule has 1 unspecified atom stereocenters. The predicted octanol–water partition coefficient (Wildman–Crippen LogP) is 3.47. The monoisotopic (exact) mass is 306 g/mol. The summed E-state index contributed by atoms with van der Waals surface area (Å²) < 4.78 is 5.23. The number of hydrogen-bond donors (Lipinski definition) is 2. The lowest BCUT2D eigenvalue weighted by atomic mass is 9.91. The van der Waals surface area contributed by atoms with Crippen molar-refractivity contribution >= 4 is 17.6 Å². The van der Waals surface area contributed by atoms with Crippen molar-refractivity contribution in [1.29, 1.82) is 0 Å². The number of phenols is 1. The van der Waals surface area contributed by atoms with E-state index in [9.17, 15) is 15.0 Å². The van der Waals surface area contributed by atoms with Crippen LogP contribution >= 0.6 is 11.6 Å². The Balaban J connectivity index is 2.35. The first-order valence-electron chi connectivity index (χ1n) is 6.36. The van der Waals surface area contributed by atoms with Gasteiger partial charge in [-0.25, -0.2) is 0 Å². The van der Waals surface area contributed by atoms with E-state index in [1.54, 1.807) is 36.4 Å². The number of ether oxygens (including phenoxy) is 1. The lowest BCUT2D eigenvalue weighted by molar-refractivity contribution is -0.138. The molecule has 2 aromatic carbocycles. The minimum atomic E-state index is -0.941. The molecule has 0 aliphatic carbocycles. The molecule has 0 saturated heterocycles. The van der Waals surface area contributed by atoms with Crippen LogP contribution in [0.3, 0.4) is 0 Å². The Labute approximate surface area is 127 Å². The van der Waals surface area contributed by atoms with E-state index in [0.29, 0.717) is 11.3 Å². The fourth-order valence-electron chi connectivity index (χ4n) is 2.20. The van der Waals surface area contributed by atoms with E-state index in [-0.39, 0.29) is 17.2 Å². The van der Waals surface area contributed by atoms with Gasteiger partial charge in [-0.05, 0) is 30.2 Å². The number of methoxy groups -OCH3 is 1. The average molecular weight is 307 g/mol. The first kappa shape index (κ1) is 15.2. The second-order valence-corrected chi connectivity index (χ2v) is 5.03. The fraction of sp³-hybridized carbons (Fsp3) is 0.188. The molecule has 0 aliphatic rings. The number of aliphatic carboxylic acids is 1. The smallest absolute Gasteiger partial charge is 0.311 e. The van der Waals surface area contributed by atoms with Crippen LogP contribution in [0.15, 0.2) is 42.5 Å². The standard InChI is InChI=1S/C16H15ClO4/c1-21-15-5-3-2-4-11(15)12(16(19)20)8-10-6-7-14(18)13(17)9-10/h2-7,9,12,18H,8H2,1H3,(H,19,20). The number of hydrogen-bond acceptors (Lipinski definition) is 3. The Morgan fingerprint density at radius 2 is 2.00 bits per heavy atom. The van der Waals surface area contributed by atoms with Crippen LogP contribution in [0.25, 0.3) is 0 Å². The molecule has 4 nitrogen and oxygen atoms in total. The zero-order valence-electron chi connectivity index (χ0n) is 11.4. The molecule has 0 heterocycles. The quantitative estimate of drug-likeness (QED) is 0.887. The van der Waals surface area contributed by atoms with Crippen LogP contribution in [0, 0.1) is 0 Å². The Bertz CT molecular complexity index is 654. The predicted molar refractivity (Wildman–Crippen MR) is 80.2 cm³/mol. The van der Waals surface area contributed by atoms with Crippen molar-refractivity contribution < 1.29 is 19.7 Å². The Morgan fingerprint density at radius 1 is 1.29 bits per heavy atom. The summed E-state index contributed by atoms with van der Waals surface area (Å²) in [5.41, 5.74) is 1.34. The third kappa shape index (κ3) is 3.47. The molecule has 0 bridgehead atoms. The summed E-state index contributed by atoms with van der Waals surface area (Å²) in [7, 11) is 1.51. The van der Waals surface area contributed by atoms with Gasteiger partial charge in [0.25, 0.3) is 0 Å². The molecule has 2 N–H and O–H groups in total. The van der Waals surface area contributed by atoms with Gasteiger partial charge in [-0.1, -0.05) is 35.9 Å². The summed E-state index contributed by atoms with van der Waals surface area (Å²) >= 11 is 5.86. The van der Waals surface area contributed by atoms with Gasteiger partial charge in [0.1, 0.15) is 11.5 Å². The zero-order chi connectivity index (χ0) is 15.4. The number of phenolic OH excluding ortho intramolecular Hbond substituents is 1. The third-order valence-electron chi connectivity index (χ3n) is 3.26. The normalized spacial score (nSPS) is 11.9. The number of halogens is 1. The SMILES string of the molecule is COc1ccccc1C(Cc1ccc(O)c(Cl)c1)C(=O)O. The van der Waals surface area contributed by atoms with Gasteiger partial charge in [0, 0.05) is 5.56 Å². The van der Waals surface area contributed by atoms with Gasteiger partial charge < -0.3 is 14.9 Å². The van der Waals surface area contributed by atoms with Crippen LogP contribution in [0.5, 0.6) is 11.5 Å². The van der Waals surface area contributed by atoms with Gasteiger partial charge in [0.2, 0.25) is 0 Å². The van der Waals surface area contributed by atoms with Crippen LogP contribution in [-0.2, 0) is 11.2 Å². The molecule has 1 atom stereocenters. The summed E-state index contributed by atoms with van der Waals surface area (Å²) in [5.74, 6) is -1.18. The van der Waals surface area contributed by atoms with Crippen molar-refractivity contribution in [2.24, 2.45) is 0 Å². The fourth-order valence-corrected chi connectivity index (χ4v) is 2.40. The van der Waals surface area contributed by atoms with Crippen molar-refractivity contribution in [1.82, 2.24) is 0 Å². The van der Waals surface area contributed by atoms with Gasteiger partial charge in [0.05, 0.1) is 18.1 Å². The summed E-state index contributed by atoms with van der Waals surface area (Å²) in [6, 6.07) is 11.7. The van der Waals surface area contributed by atoms with Gasteiger partial charge in [-0.2, -0.15) is 0 Å². The molecule has 5 heteroatoms. The van der Waals surface area contributed by atoms with E-state index < -0.39 is 11.9 Å². The number of carboxylic acid groups (broad SMARTS) is 1. The van der Waals surface area contributed by atoms with E-state index in [2.05, 4.69) is 0 Å². The van der Waals surface area contributed by atoms with Crippen LogP contribution < -0.4 is 4.74 Å². The molecule has 2 rings (SSSR count). The molecule has 2 aromatic rings. The number of benzene rings is 2. The molecule has 0 radical (unpaired) electrons. The van der Waals surface area contributed by atoms with Crippen LogP contribution in [0.4, 0.5) is 0 Å². The summed E-state index contributed by atoms with van der Waals surface area (Å²) in [4.78, 5) is 11.6. The first-order chi connectivity index (χ1) is 10.0.